The van der Waals surface area contributed by atoms with Crippen molar-refractivity contribution in [3.63, 3.8) is 0 Å². The highest BCUT2D eigenvalue weighted by Gasteiger charge is 2.16. The molecule has 0 spiro atoms. The molecule has 41 heavy (non-hydrogen) atoms. The number of rotatable bonds is 34. The Bertz CT molecular complexity index is 612. The third-order valence-corrected chi connectivity index (χ3v) is 8.10. The first-order chi connectivity index (χ1) is 20.1. The first-order valence-corrected chi connectivity index (χ1v) is 17.7. The summed E-state index contributed by atoms with van der Waals surface area (Å²) in [7, 11) is 0. The summed E-state index contributed by atoms with van der Waals surface area (Å²) in [5.41, 5.74) is -0.0815. The van der Waals surface area contributed by atoms with E-state index in [2.05, 4.69) is 20.1 Å². The summed E-state index contributed by atoms with van der Waals surface area (Å²) in [6.07, 6.45) is 38.8. The van der Waals surface area contributed by atoms with Gasteiger partial charge in [0.1, 0.15) is 0 Å². The second-order valence-corrected chi connectivity index (χ2v) is 12.1. The zero-order chi connectivity index (χ0) is 30.1. The Kier molecular flexibility index (Phi) is 31.9. The van der Waals surface area contributed by atoms with Gasteiger partial charge in [0.25, 0.3) is 0 Å². The molecule has 0 fully saturated rings. The minimum atomic E-state index is -0.691. The molecule has 0 unspecified atom stereocenters. The highest BCUT2D eigenvalue weighted by atomic mass is 16.7. The van der Waals surface area contributed by atoms with Crippen molar-refractivity contribution in [2.24, 2.45) is 0 Å². The lowest BCUT2D eigenvalue weighted by molar-refractivity contribution is -0.151. The van der Waals surface area contributed by atoms with Crippen LogP contribution in [0.1, 0.15) is 187 Å². The molecule has 0 aliphatic carbocycles. The molecule has 0 aromatic rings. The van der Waals surface area contributed by atoms with Gasteiger partial charge in [-0.2, -0.15) is 0 Å². The Hall–Kier alpha value is -1.42. The fourth-order valence-electron chi connectivity index (χ4n) is 5.36. The third-order valence-electron chi connectivity index (χ3n) is 8.10. The van der Waals surface area contributed by atoms with Crippen LogP contribution in [-0.4, -0.2) is 25.2 Å². The van der Waals surface area contributed by atoms with E-state index in [1.54, 1.807) is 6.08 Å². The van der Waals surface area contributed by atoms with E-state index in [1.807, 2.05) is 0 Å². The Labute approximate surface area is 255 Å². The van der Waals surface area contributed by atoms with Crippen LogP contribution in [0, 0.1) is 0 Å². The number of ketones is 1. The molecule has 0 rings (SSSR count). The maximum Gasteiger partial charge on any atom is 0.343 e. The van der Waals surface area contributed by atoms with Crippen molar-refractivity contribution in [2.75, 3.05) is 13.4 Å². The highest BCUT2D eigenvalue weighted by molar-refractivity contribution is 6.16. The Morgan fingerprint density at radius 1 is 0.537 bits per heavy atom. The number of unbranched alkanes of at least 4 members (excludes halogenated alkanes) is 26. The summed E-state index contributed by atoms with van der Waals surface area (Å²) >= 11 is 0. The van der Waals surface area contributed by atoms with Crippen molar-refractivity contribution in [3.05, 3.63) is 24.8 Å². The van der Waals surface area contributed by atoms with Crippen molar-refractivity contribution in [1.82, 2.24) is 0 Å². The minimum Gasteiger partial charge on any atom is -0.435 e. The van der Waals surface area contributed by atoms with Crippen molar-refractivity contribution in [2.45, 2.75) is 187 Å². The molecular formula is C37H68O4. The van der Waals surface area contributed by atoms with E-state index < -0.39 is 5.97 Å². The monoisotopic (exact) mass is 577 g/mol. The van der Waals surface area contributed by atoms with E-state index in [9.17, 15) is 9.59 Å². The van der Waals surface area contributed by atoms with Crippen LogP contribution in [0.25, 0.3) is 0 Å². The van der Waals surface area contributed by atoms with Gasteiger partial charge in [-0.25, -0.2) is 4.79 Å². The molecule has 0 heterocycles. The average molecular weight is 577 g/mol. The second-order valence-electron chi connectivity index (χ2n) is 12.1. The van der Waals surface area contributed by atoms with Crippen molar-refractivity contribution in [1.29, 1.82) is 0 Å². The summed E-state index contributed by atoms with van der Waals surface area (Å²) in [6, 6.07) is 0. The minimum absolute atomic E-state index is 0.0815. The molecule has 0 aromatic carbocycles. The zero-order valence-corrected chi connectivity index (χ0v) is 27.3. The number of carbonyl (C=O) groups is 2. The summed E-state index contributed by atoms with van der Waals surface area (Å²) < 4.78 is 9.85. The summed E-state index contributed by atoms with van der Waals surface area (Å²) in [5, 5.41) is 0. The van der Waals surface area contributed by atoms with Crippen molar-refractivity contribution >= 4 is 11.8 Å². The van der Waals surface area contributed by atoms with Gasteiger partial charge in [0.15, 0.2) is 12.6 Å². The maximum absolute atomic E-state index is 12.1. The molecule has 0 aliphatic heterocycles. The first-order valence-electron chi connectivity index (χ1n) is 17.7. The predicted molar refractivity (Wildman–Crippen MR) is 176 cm³/mol. The Morgan fingerprint density at radius 3 is 1.17 bits per heavy atom. The molecule has 0 saturated heterocycles. The van der Waals surface area contributed by atoms with Gasteiger partial charge < -0.3 is 9.47 Å². The van der Waals surface area contributed by atoms with Gasteiger partial charge in [-0.1, -0.05) is 187 Å². The van der Waals surface area contributed by atoms with Crippen LogP contribution in [0.15, 0.2) is 24.8 Å². The molecule has 240 valence electrons. The van der Waals surface area contributed by atoms with Gasteiger partial charge >= 0.3 is 5.97 Å². The molecule has 0 aliphatic rings. The van der Waals surface area contributed by atoms with Crippen LogP contribution in [0.5, 0.6) is 0 Å². The average Bonchev–Trinajstić information content (AvgIpc) is 2.98. The van der Waals surface area contributed by atoms with Crippen molar-refractivity contribution < 1.29 is 19.1 Å². The van der Waals surface area contributed by atoms with E-state index in [0.717, 1.165) is 19.3 Å². The molecular weight excluding hydrogens is 508 g/mol. The van der Waals surface area contributed by atoms with Gasteiger partial charge in [-0.05, 0) is 6.42 Å². The Morgan fingerprint density at radius 2 is 0.854 bits per heavy atom. The van der Waals surface area contributed by atoms with Crippen molar-refractivity contribution in [3.8, 4) is 0 Å². The predicted octanol–water partition coefficient (Wildman–Crippen LogP) is 11.8. The molecule has 4 heteroatoms. The molecule has 0 atom stereocenters. The lowest BCUT2D eigenvalue weighted by Crippen LogP contribution is -2.16. The smallest absolute Gasteiger partial charge is 0.343 e. The first kappa shape index (κ1) is 39.6. The lowest BCUT2D eigenvalue weighted by Gasteiger charge is -2.06. The molecule has 0 amide bonds. The van der Waals surface area contributed by atoms with Crippen LogP contribution in [-0.2, 0) is 19.1 Å². The summed E-state index contributed by atoms with van der Waals surface area (Å²) in [4.78, 5) is 23.8. The molecule has 0 aromatic heterocycles. The van der Waals surface area contributed by atoms with Gasteiger partial charge in [0.05, 0.1) is 12.2 Å². The molecule has 0 N–H and O–H groups in total. The summed E-state index contributed by atoms with van der Waals surface area (Å²) in [6.45, 7) is 9.49. The van der Waals surface area contributed by atoms with Gasteiger partial charge in [0.2, 0.25) is 0 Å². The van der Waals surface area contributed by atoms with E-state index in [1.165, 1.54) is 154 Å². The zero-order valence-electron chi connectivity index (χ0n) is 27.3. The highest BCUT2D eigenvalue weighted by Crippen LogP contribution is 2.16. The van der Waals surface area contributed by atoms with Gasteiger partial charge in [0, 0.05) is 6.42 Å². The van der Waals surface area contributed by atoms with E-state index in [-0.39, 0.29) is 18.1 Å². The van der Waals surface area contributed by atoms with E-state index in [0.29, 0.717) is 13.0 Å². The van der Waals surface area contributed by atoms with Crippen LogP contribution >= 0.6 is 0 Å². The number of ether oxygens (including phenoxy) is 2. The molecule has 0 radical (unpaired) electrons. The van der Waals surface area contributed by atoms with Crippen LogP contribution < -0.4 is 0 Å². The number of esters is 1. The summed E-state index contributed by atoms with van der Waals surface area (Å²) in [5.74, 6) is -0.914. The largest absolute Gasteiger partial charge is 0.435 e. The number of Topliss-reactive ketones (excluding diaryl/α,β-unsaturated/α-hetero) is 1. The molecule has 0 saturated carbocycles. The maximum atomic E-state index is 12.1. The van der Waals surface area contributed by atoms with Crippen LogP contribution in [0.4, 0.5) is 0 Å². The molecule has 4 nitrogen and oxygen atoms in total. The quantitative estimate of drug-likeness (QED) is 0.0145. The normalized spacial score (nSPS) is 11.0. The van der Waals surface area contributed by atoms with E-state index in [4.69, 9.17) is 9.47 Å². The third kappa shape index (κ3) is 29.9. The SMILES string of the molecule is C=CCOCOC(=O)C(=C)C(=O)CCCCCCCCCCCCCCCCCCCCCCCCCCCCC. The molecule has 0 bridgehead atoms. The fourth-order valence-corrected chi connectivity index (χ4v) is 5.36. The fraction of sp³-hybridized carbons (Fsp3) is 0.838. The Balaban J connectivity index is 3.24. The number of carbonyl (C=O) groups excluding carboxylic acids is 2. The standard InChI is InChI=1S/C37H68O4/c1-4-6-7-8-9-10-11-12-13-14-15-16-17-18-19-20-21-22-23-24-25-26-27-28-29-30-31-32-36(38)35(3)37(39)41-34-40-33-5-2/h5H,2-4,6-34H2,1H3. The van der Waals surface area contributed by atoms with Gasteiger partial charge in [-0.3, -0.25) is 4.79 Å². The van der Waals surface area contributed by atoms with E-state index >= 15 is 0 Å². The van der Waals surface area contributed by atoms with Crippen LogP contribution in [0.2, 0.25) is 0 Å². The lowest BCUT2D eigenvalue weighted by atomic mass is 10.0. The number of hydrogen-bond acceptors (Lipinski definition) is 4. The van der Waals surface area contributed by atoms with Gasteiger partial charge in [-0.15, -0.1) is 6.58 Å². The topological polar surface area (TPSA) is 52.6 Å². The number of hydrogen-bond donors (Lipinski definition) is 0. The second kappa shape index (κ2) is 33.1. The van der Waals surface area contributed by atoms with Crippen LogP contribution in [0.3, 0.4) is 0 Å².